The second kappa shape index (κ2) is 8.30. The number of anilines is 1. The molecule has 0 atom stereocenters. The summed E-state index contributed by atoms with van der Waals surface area (Å²) in [6, 6.07) is 12.8. The highest BCUT2D eigenvalue weighted by Gasteiger charge is 2.31. The summed E-state index contributed by atoms with van der Waals surface area (Å²) in [5.41, 5.74) is 3.43. The molecule has 1 aliphatic heterocycles. The van der Waals surface area contributed by atoms with E-state index in [-0.39, 0.29) is 9.79 Å². The van der Waals surface area contributed by atoms with Gasteiger partial charge in [0.15, 0.2) is 0 Å². The summed E-state index contributed by atoms with van der Waals surface area (Å²) in [6.45, 7) is 4.96. The SMILES string of the molecule is CCc1ccc(S(=O)(=O)c2cnc3ccc(C)cc3c2N2CCC(C(=O)O)CC2)cc1. The Kier molecular flexibility index (Phi) is 5.71. The average Bonchev–Trinajstić information content (AvgIpc) is 2.78. The van der Waals surface area contributed by atoms with Crippen LogP contribution in [0.4, 0.5) is 5.69 Å². The van der Waals surface area contributed by atoms with Gasteiger partial charge in [0.1, 0.15) is 4.90 Å². The molecular formula is C24H26N2O4S. The van der Waals surface area contributed by atoms with Crippen molar-refractivity contribution in [3.05, 3.63) is 59.8 Å². The van der Waals surface area contributed by atoms with Gasteiger partial charge in [-0.2, -0.15) is 0 Å². The molecule has 1 N–H and O–H groups in total. The number of carboxylic acids is 1. The molecule has 1 aromatic heterocycles. The Balaban J connectivity index is 1.87. The van der Waals surface area contributed by atoms with Crippen LogP contribution >= 0.6 is 0 Å². The third-order valence-corrected chi connectivity index (χ3v) is 7.82. The fraction of sp³-hybridized carbons (Fsp3) is 0.333. The lowest BCUT2D eigenvalue weighted by Crippen LogP contribution is -2.37. The topological polar surface area (TPSA) is 87.6 Å². The quantitative estimate of drug-likeness (QED) is 0.641. The lowest BCUT2D eigenvalue weighted by molar-refractivity contribution is -0.142. The summed E-state index contributed by atoms with van der Waals surface area (Å²) in [4.78, 5) is 18.3. The van der Waals surface area contributed by atoms with E-state index >= 15 is 0 Å². The molecule has 162 valence electrons. The summed E-state index contributed by atoms with van der Waals surface area (Å²) in [7, 11) is -3.80. The van der Waals surface area contributed by atoms with Gasteiger partial charge in [0, 0.05) is 24.7 Å². The Morgan fingerprint density at radius 3 is 2.42 bits per heavy atom. The highest BCUT2D eigenvalue weighted by molar-refractivity contribution is 7.91. The monoisotopic (exact) mass is 438 g/mol. The summed E-state index contributed by atoms with van der Waals surface area (Å²) in [6.07, 6.45) is 3.24. The molecule has 3 aromatic rings. The Labute approximate surface area is 182 Å². The molecule has 2 aromatic carbocycles. The van der Waals surface area contributed by atoms with E-state index in [0.29, 0.717) is 31.6 Å². The number of carboxylic acid groups (broad SMARTS) is 1. The van der Waals surface area contributed by atoms with Gasteiger partial charge in [0.25, 0.3) is 0 Å². The molecule has 0 saturated carbocycles. The molecule has 6 nitrogen and oxygen atoms in total. The molecule has 2 heterocycles. The molecule has 0 unspecified atom stereocenters. The maximum Gasteiger partial charge on any atom is 0.306 e. The second-order valence-corrected chi connectivity index (χ2v) is 10.0. The van der Waals surface area contributed by atoms with Crippen molar-refractivity contribution in [1.82, 2.24) is 4.98 Å². The first-order valence-electron chi connectivity index (χ1n) is 10.5. The van der Waals surface area contributed by atoms with E-state index in [1.54, 1.807) is 12.1 Å². The first-order chi connectivity index (χ1) is 14.8. The van der Waals surface area contributed by atoms with E-state index in [1.807, 2.05) is 49.1 Å². The Hall–Kier alpha value is -2.93. The number of benzene rings is 2. The van der Waals surface area contributed by atoms with Crippen LogP contribution in [0, 0.1) is 12.8 Å². The number of piperidine rings is 1. The molecule has 4 rings (SSSR count). The second-order valence-electron chi connectivity index (χ2n) is 8.09. The van der Waals surface area contributed by atoms with Crippen LogP contribution in [-0.2, 0) is 21.1 Å². The van der Waals surface area contributed by atoms with Crippen molar-refractivity contribution in [2.75, 3.05) is 18.0 Å². The number of sulfone groups is 1. The summed E-state index contributed by atoms with van der Waals surface area (Å²) < 4.78 is 27.3. The van der Waals surface area contributed by atoms with Gasteiger partial charge in [0.2, 0.25) is 9.84 Å². The number of rotatable bonds is 5. The van der Waals surface area contributed by atoms with Crippen molar-refractivity contribution in [2.24, 2.45) is 5.92 Å². The van der Waals surface area contributed by atoms with E-state index in [9.17, 15) is 18.3 Å². The molecule has 7 heteroatoms. The summed E-state index contributed by atoms with van der Waals surface area (Å²) in [5.74, 6) is -1.19. The Bertz CT molecular complexity index is 1230. The van der Waals surface area contributed by atoms with Crippen LogP contribution in [0.2, 0.25) is 0 Å². The van der Waals surface area contributed by atoms with Crippen molar-refractivity contribution in [2.45, 2.75) is 42.9 Å². The predicted molar refractivity (Wildman–Crippen MR) is 120 cm³/mol. The summed E-state index contributed by atoms with van der Waals surface area (Å²) >= 11 is 0. The molecule has 0 spiro atoms. The minimum absolute atomic E-state index is 0.170. The molecule has 1 fully saturated rings. The number of fused-ring (bicyclic) bond motifs is 1. The fourth-order valence-electron chi connectivity index (χ4n) is 4.18. The first kappa shape index (κ1) is 21.3. The van der Waals surface area contributed by atoms with Crippen LogP contribution in [0.25, 0.3) is 10.9 Å². The zero-order chi connectivity index (χ0) is 22.2. The van der Waals surface area contributed by atoms with Crippen molar-refractivity contribution in [3.8, 4) is 0 Å². The van der Waals surface area contributed by atoms with Gasteiger partial charge in [-0.1, -0.05) is 30.7 Å². The zero-order valence-corrected chi connectivity index (χ0v) is 18.5. The third kappa shape index (κ3) is 4.02. The van der Waals surface area contributed by atoms with Gasteiger partial charge >= 0.3 is 5.97 Å². The Morgan fingerprint density at radius 1 is 1.13 bits per heavy atom. The molecule has 0 radical (unpaired) electrons. The van der Waals surface area contributed by atoms with Crippen LogP contribution in [0.5, 0.6) is 0 Å². The van der Waals surface area contributed by atoms with Crippen LogP contribution in [0.1, 0.15) is 30.9 Å². The van der Waals surface area contributed by atoms with Gasteiger partial charge in [-0.15, -0.1) is 0 Å². The Morgan fingerprint density at radius 2 is 1.81 bits per heavy atom. The van der Waals surface area contributed by atoms with E-state index in [1.165, 1.54) is 6.20 Å². The van der Waals surface area contributed by atoms with Gasteiger partial charge in [-0.25, -0.2) is 8.42 Å². The number of nitrogens with zero attached hydrogens (tertiary/aromatic N) is 2. The van der Waals surface area contributed by atoms with E-state index < -0.39 is 21.7 Å². The molecular weight excluding hydrogens is 412 g/mol. The summed E-state index contributed by atoms with van der Waals surface area (Å²) in [5, 5.41) is 10.1. The number of hydrogen-bond acceptors (Lipinski definition) is 5. The highest BCUT2D eigenvalue weighted by atomic mass is 32.2. The van der Waals surface area contributed by atoms with Crippen molar-refractivity contribution < 1.29 is 18.3 Å². The van der Waals surface area contributed by atoms with Gasteiger partial charge in [0.05, 0.1) is 22.0 Å². The fourth-order valence-corrected chi connectivity index (χ4v) is 5.61. The largest absolute Gasteiger partial charge is 0.481 e. The lowest BCUT2D eigenvalue weighted by atomic mass is 9.96. The van der Waals surface area contributed by atoms with Crippen LogP contribution < -0.4 is 4.90 Å². The molecule has 0 bridgehead atoms. The third-order valence-electron chi connectivity index (χ3n) is 6.05. The average molecular weight is 439 g/mol. The molecule has 1 aliphatic rings. The van der Waals surface area contributed by atoms with Gasteiger partial charge in [-0.3, -0.25) is 9.78 Å². The van der Waals surface area contributed by atoms with Gasteiger partial charge in [-0.05, 0) is 56.0 Å². The smallest absolute Gasteiger partial charge is 0.306 e. The van der Waals surface area contributed by atoms with Crippen molar-refractivity contribution in [1.29, 1.82) is 0 Å². The minimum atomic E-state index is -3.80. The molecule has 0 amide bonds. The maximum absolute atomic E-state index is 13.6. The normalized spacial score (nSPS) is 15.4. The van der Waals surface area contributed by atoms with Crippen molar-refractivity contribution >= 4 is 32.4 Å². The minimum Gasteiger partial charge on any atom is -0.481 e. The van der Waals surface area contributed by atoms with E-state index in [2.05, 4.69) is 4.98 Å². The van der Waals surface area contributed by atoms with E-state index in [4.69, 9.17) is 0 Å². The first-order valence-corrected chi connectivity index (χ1v) is 12.0. The highest BCUT2D eigenvalue weighted by Crippen LogP contribution is 2.38. The zero-order valence-electron chi connectivity index (χ0n) is 17.7. The number of aromatic nitrogens is 1. The van der Waals surface area contributed by atoms with Crippen LogP contribution in [0.15, 0.2) is 58.5 Å². The number of aryl methyl sites for hydroxylation is 2. The number of pyridine rings is 1. The lowest BCUT2D eigenvalue weighted by Gasteiger charge is -2.34. The molecule has 1 saturated heterocycles. The number of carbonyl (C=O) groups is 1. The number of hydrogen-bond donors (Lipinski definition) is 1. The number of aliphatic carboxylic acids is 1. The predicted octanol–water partition coefficient (Wildman–Crippen LogP) is 4.24. The maximum atomic E-state index is 13.6. The van der Waals surface area contributed by atoms with Gasteiger partial charge < -0.3 is 10.0 Å². The molecule has 31 heavy (non-hydrogen) atoms. The van der Waals surface area contributed by atoms with Crippen LogP contribution in [-0.4, -0.2) is 37.6 Å². The van der Waals surface area contributed by atoms with Crippen LogP contribution in [0.3, 0.4) is 0 Å². The standard InChI is InChI=1S/C24H26N2O4S/c1-3-17-5-7-19(8-6-17)31(29,30)22-15-25-21-9-4-16(2)14-20(21)23(22)26-12-10-18(11-13-26)24(27)28/h4-9,14-15,18H,3,10-13H2,1-2H3,(H,27,28). The molecule has 0 aliphatic carbocycles. The van der Waals surface area contributed by atoms with E-state index in [0.717, 1.165) is 28.5 Å². The van der Waals surface area contributed by atoms with Crippen molar-refractivity contribution in [3.63, 3.8) is 0 Å².